The number of aliphatic imine (C=N–C) groups is 1. The monoisotopic (exact) mass is 562 g/mol. The van der Waals surface area contributed by atoms with Crippen LogP contribution in [0.2, 0.25) is 0 Å². The first kappa shape index (κ1) is 27.3. The Balaban J connectivity index is 0.00000363. The highest BCUT2D eigenvalue weighted by molar-refractivity contribution is 14.0. The van der Waals surface area contributed by atoms with Crippen LogP contribution in [0, 0.1) is 12.8 Å². The molecule has 0 aromatic carbocycles. The molecular formula is C22H43IN8O. The maximum atomic E-state index is 5.44. The van der Waals surface area contributed by atoms with Crippen LogP contribution in [-0.4, -0.2) is 95.6 Å². The Labute approximate surface area is 210 Å². The van der Waals surface area contributed by atoms with Crippen molar-refractivity contribution in [3.63, 3.8) is 0 Å². The molecule has 0 unspecified atom stereocenters. The number of rotatable bonds is 10. The van der Waals surface area contributed by atoms with Crippen LogP contribution < -0.4 is 10.6 Å². The van der Waals surface area contributed by atoms with Gasteiger partial charge in [0.1, 0.15) is 12.4 Å². The maximum Gasteiger partial charge on any atom is 0.191 e. The van der Waals surface area contributed by atoms with E-state index in [0.717, 1.165) is 70.0 Å². The standard InChI is InChI=1S/C22H42N8O.HI/c1-18(2)17-30-10-5-7-20(30)15-24-22(25-16-21-27-26-19(3)28(21)4)23-8-6-9-29-11-13-31-14-12-29;/h18,20H,5-17H2,1-4H3,(H2,23,24,25);1H/t20-;/m1./s1. The summed E-state index contributed by atoms with van der Waals surface area (Å²) in [6.45, 7) is 16.2. The third-order valence-electron chi connectivity index (χ3n) is 6.21. The van der Waals surface area contributed by atoms with E-state index in [1.54, 1.807) is 0 Å². The Kier molecular flexibility index (Phi) is 12.2. The number of ether oxygens (including phenoxy) is 1. The van der Waals surface area contributed by atoms with Gasteiger partial charge < -0.3 is 19.9 Å². The van der Waals surface area contributed by atoms with Crippen molar-refractivity contribution >= 4 is 29.9 Å². The average molecular weight is 563 g/mol. The van der Waals surface area contributed by atoms with E-state index in [1.165, 1.54) is 25.9 Å². The van der Waals surface area contributed by atoms with Gasteiger partial charge in [-0.25, -0.2) is 4.99 Å². The van der Waals surface area contributed by atoms with Crippen LogP contribution in [0.3, 0.4) is 0 Å². The normalized spacial score (nSPS) is 20.5. The molecule has 1 atom stereocenters. The lowest BCUT2D eigenvalue weighted by Crippen LogP contribution is -2.46. The fraction of sp³-hybridized carbons (Fsp3) is 0.864. The van der Waals surface area contributed by atoms with Gasteiger partial charge in [-0.3, -0.25) is 9.80 Å². The van der Waals surface area contributed by atoms with Gasteiger partial charge in [0.2, 0.25) is 0 Å². The number of nitrogens with zero attached hydrogens (tertiary/aromatic N) is 6. The molecule has 2 aliphatic heterocycles. The van der Waals surface area contributed by atoms with Gasteiger partial charge in [0, 0.05) is 45.8 Å². The van der Waals surface area contributed by atoms with Gasteiger partial charge in [0.15, 0.2) is 11.8 Å². The first-order valence-corrected chi connectivity index (χ1v) is 11.9. The molecule has 3 heterocycles. The minimum absolute atomic E-state index is 0. The predicted octanol–water partition coefficient (Wildman–Crippen LogP) is 1.62. The summed E-state index contributed by atoms with van der Waals surface area (Å²) in [6.07, 6.45) is 3.63. The highest BCUT2D eigenvalue weighted by atomic mass is 127. The lowest BCUT2D eigenvalue weighted by atomic mass is 10.1. The molecule has 1 aromatic heterocycles. The molecule has 2 aliphatic rings. The number of morpholine rings is 1. The molecule has 0 bridgehead atoms. The molecular weight excluding hydrogens is 519 g/mol. The van der Waals surface area contributed by atoms with Crippen molar-refractivity contribution < 1.29 is 4.74 Å². The molecule has 0 spiro atoms. The van der Waals surface area contributed by atoms with Crippen LogP contribution >= 0.6 is 24.0 Å². The second-order valence-corrected chi connectivity index (χ2v) is 9.19. The van der Waals surface area contributed by atoms with Crippen molar-refractivity contribution in [3.8, 4) is 0 Å². The number of hydrogen-bond donors (Lipinski definition) is 2. The lowest BCUT2D eigenvalue weighted by Gasteiger charge is -2.27. The van der Waals surface area contributed by atoms with Gasteiger partial charge in [-0.1, -0.05) is 13.8 Å². The Morgan fingerprint density at radius 3 is 2.66 bits per heavy atom. The molecule has 9 nitrogen and oxygen atoms in total. The van der Waals surface area contributed by atoms with Crippen molar-refractivity contribution in [2.45, 2.75) is 52.6 Å². The Morgan fingerprint density at radius 1 is 1.19 bits per heavy atom. The summed E-state index contributed by atoms with van der Waals surface area (Å²) in [4.78, 5) is 9.92. The fourth-order valence-electron chi connectivity index (χ4n) is 4.30. The van der Waals surface area contributed by atoms with E-state index >= 15 is 0 Å². The summed E-state index contributed by atoms with van der Waals surface area (Å²) in [5.41, 5.74) is 0. The summed E-state index contributed by atoms with van der Waals surface area (Å²) >= 11 is 0. The topological polar surface area (TPSA) is 82.8 Å². The summed E-state index contributed by atoms with van der Waals surface area (Å²) < 4.78 is 7.44. The SMILES string of the molecule is Cc1nnc(CN=C(NCCCN2CCOCC2)NC[C@H]2CCCN2CC(C)C)n1C.I. The summed E-state index contributed by atoms with van der Waals surface area (Å²) in [6, 6.07) is 0.583. The molecule has 10 heteroatoms. The Bertz CT molecular complexity index is 689. The summed E-state index contributed by atoms with van der Waals surface area (Å²) in [5.74, 6) is 3.37. The van der Waals surface area contributed by atoms with E-state index in [2.05, 4.69) is 44.5 Å². The highest BCUT2D eigenvalue weighted by Gasteiger charge is 2.24. The summed E-state index contributed by atoms with van der Waals surface area (Å²) in [5, 5.41) is 15.5. The largest absolute Gasteiger partial charge is 0.379 e. The van der Waals surface area contributed by atoms with Gasteiger partial charge in [-0.2, -0.15) is 0 Å². The van der Waals surface area contributed by atoms with E-state index in [0.29, 0.717) is 18.5 Å². The van der Waals surface area contributed by atoms with E-state index < -0.39 is 0 Å². The lowest BCUT2D eigenvalue weighted by molar-refractivity contribution is 0.0376. The van der Waals surface area contributed by atoms with Gasteiger partial charge in [0.05, 0.1) is 13.2 Å². The average Bonchev–Trinajstić information content (AvgIpc) is 3.33. The first-order valence-electron chi connectivity index (χ1n) is 11.9. The number of nitrogens with one attached hydrogen (secondary N) is 2. The molecule has 0 saturated carbocycles. The number of aryl methyl sites for hydroxylation is 1. The van der Waals surface area contributed by atoms with Crippen molar-refractivity contribution in [2.75, 3.05) is 59.0 Å². The number of likely N-dealkylation sites (tertiary alicyclic amines) is 1. The molecule has 32 heavy (non-hydrogen) atoms. The first-order chi connectivity index (χ1) is 15.0. The molecule has 2 saturated heterocycles. The molecule has 0 radical (unpaired) electrons. The van der Waals surface area contributed by atoms with Crippen LogP contribution in [0.25, 0.3) is 0 Å². The van der Waals surface area contributed by atoms with Crippen LogP contribution in [0.1, 0.15) is 44.8 Å². The Morgan fingerprint density at radius 2 is 1.97 bits per heavy atom. The second kappa shape index (κ2) is 14.3. The minimum atomic E-state index is 0. The number of guanidine groups is 1. The molecule has 2 fully saturated rings. The molecule has 184 valence electrons. The molecule has 1 aromatic rings. The van der Waals surface area contributed by atoms with Gasteiger partial charge in [-0.15, -0.1) is 34.2 Å². The highest BCUT2D eigenvalue weighted by Crippen LogP contribution is 2.17. The third kappa shape index (κ3) is 8.75. The van der Waals surface area contributed by atoms with E-state index in [9.17, 15) is 0 Å². The predicted molar refractivity (Wildman–Crippen MR) is 140 cm³/mol. The minimum Gasteiger partial charge on any atom is -0.379 e. The van der Waals surface area contributed by atoms with E-state index in [1.807, 2.05) is 18.5 Å². The van der Waals surface area contributed by atoms with Crippen molar-refractivity contribution in [2.24, 2.45) is 18.0 Å². The number of aromatic nitrogens is 3. The summed E-state index contributed by atoms with van der Waals surface area (Å²) in [7, 11) is 1.99. The van der Waals surface area contributed by atoms with E-state index in [4.69, 9.17) is 9.73 Å². The Hall–Kier alpha value is -0.980. The van der Waals surface area contributed by atoms with Crippen LogP contribution in [0.4, 0.5) is 0 Å². The van der Waals surface area contributed by atoms with Gasteiger partial charge >= 0.3 is 0 Å². The van der Waals surface area contributed by atoms with Crippen molar-refractivity contribution in [3.05, 3.63) is 11.6 Å². The van der Waals surface area contributed by atoms with Crippen LogP contribution in [-0.2, 0) is 18.3 Å². The quantitative estimate of drug-likeness (QED) is 0.194. The maximum absolute atomic E-state index is 5.44. The van der Waals surface area contributed by atoms with Crippen molar-refractivity contribution in [1.29, 1.82) is 0 Å². The zero-order valence-electron chi connectivity index (χ0n) is 20.3. The van der Waals surface area contributed by atoms with Crippen LogP contribution in [0.5, 0.6) is 0 Å². The van der Waals surface area contributed by atoms with Gasteiger partial charge in [-0.05, 0) is 45.2 Å². The molecule has 3 rings (SSSR count). The molecule has 0 aliphatic carbocycles. The van der Waals surface area contributed by atoms with E-state index in [-0.39, 0.29) is 24.0 Å². The molecule has 2 N–H and O–H groups in total. The van der Waals surface area contributed by atoms with Crippen molar-refractivity contribution in [1.82, 2.24) is 35.2 Å². The van der Waals surface area contributed by atoms with Crippen LogP contribution in [0.15, 0.2) is 4.99 Å². The number of hydrogen-bond acceptors (Lipinski definition) is 6. The second-order valence-electron chi connectivity index (χ2n) is 9.19. The zero-order chi connectivity index (χ0) is 22.1. The smallest absolute Gasteiger partial charge is 0.191 e. The fourth-order valence-corrected chi connectivity index (χ4v) is 4.30. The number of halogens is 1. The third-order valence-corrected chi connectivity index (χ3v) is 6.21. The molecule has 0 amide bonds. The van der Waals surface area contributed by atoms with Gasteiger partial charge in [0.25, 0.3) is 0 Å². The zero-order valence-corrected chi connectivity index (χ0v) is 22.7.